The largest absolute Gasteiger partial charge is 0.460 e. The van der Waals surface area contributed by atoms with Crippen molar-refractivity contribution < 1.29 is 19.1 Å². The molecule has 0 saturated carbocycles. The summed E-state index contributed by atoms with van der Waals surface area (Å²) in [6.45, 7) is 20.2. The van der Waals surface area contributed by atoms with Crippen molar-refractivity contribution in [3.05, 3.63) is 71.1 Å². The molecule has 0 saturated heterocycles. The molecule has 0 spiro atoms. The van der Waals surface area contributed by atoms with Crippen LogP contribution in [0.1, 0.15) is 25.0 Å². The zero-order valence-electron chi connectivity index (χ0n) is 19.8. The van der Waals surface area contributed by atoms with Gasteiger partial charge in [-0.15, -0.1) is 21.6 Å². The van der Waals surface area contributed by atoms with E-state index in [4.69, 9.17) is 16.0 Å². The lowest BCUT2D eigenvalue weighted by molar-refractivity contribution is -0.139. The summed E-state index contributed by atoms with van der Waals surface area (Å²) in [5.74, 6) is -0.951. The van der Waals surface area contributed by atoms with Gasteiger partial charge in [0.05, 0.1) is 30.9 Å². The molecule has 1 aromatic carbocycles. The van der Waals surface area contributed by atoms with Gasteiger partial charge < -0.3 is 14.4 Å². The van der Waals surface area contributed by atoms with E-state index in [1.165, 1.54) is 0 Å². The molecule has 35 heavy (non-hydrogen) atoms. The van der Waals surface area contributed by atoms with Crippen molar-refractivity contribution in [2.75, 3.05) is 31.2 Å². The van der Waals surface area contributed by atoms with Crippen molar-refractivity contribution in [1.29, 1.82) is 5.26 Å². The van der Waals surface area contributed by atoms with Gasteiger partial charge in [0.1, 0.15) is 24.3 Å². The highest BCUT2D eigenvalue weighted by molar-refractivity contribution is 7.20. The smallest absolute Gasteiger partial charge is 0.333 e. The SMILES string of the molecule is [C-]#[N+]c1sc(N=Nc2ccc(N(CCOC(=O)C(=C)C)CCOC(=O)C(=C)C)cc2)c(C#N)c1C. The standard InChI is InChI=1S/C25H25N5O4S/c1-16(2)24(31)33-13-11-30(12-14-34-25(32)17(3)4)20-9-7-19(8-10-20)28-29-23-21(15-26)18(5)22(27-6)35-23/h7-10H,1,3,11-14H2,2,4-5H3. The van der Waals surface area contributed by atoms with Crippen LogP contribution in [0.15, 0.2) is 58.8 Å². The van der Waals surface area contributed by atoms with Crippen LogP contribution < -0.4 is 4.90 Å². The molecule has 0 aliphatic carbocycles. The molecule has 0 fully saturated rings. The van der Waals surface area contributed by atoms with Crippen LogP contribution in [0, 0.1) is 24.8 Å². The zero-order valence-corrected chi connectivity index (χ0v) is 20.6. The van der Waals surface area contributed by atoms with Gasteiger partial charge in [-0.05, 0) is 50.6 Å². The van der Waals surface area contributed by atoms with E-state index in [9.17, 15) is 14.9 Å². The molecule has 0 N–H and O–H groups in total. The molecular formula is C25H25N5O4S. The molecule has 0 bridgehead atoms. The van der Waals surface area contributed by atoms with E-state index in [2.05, 4.69) is 34.3 Å². The van der Waals surface area contributed by atoms with Gasteiger partial charge in [-0.25, -0.2) is 14.4 Å². The van der Waals surface area contributed by atoms with Crippen LogP contribution in [0.4, 0.5) is 21.4 Å². The summed E-state index contributed by atoms with van der Waals surface area (Å²) >= 11 is 1.12. The Morgan fingerprint density at radius 3 is 2.09 bits per heavy atom. The van der Waals surface area contributed by atoms with Gasteiger partial charge in [0.15, 0.2) is 0 Å². The average molecular weight is 492 g/mol. The predicted octanol–water partition coefficient (Wildman–Crippen LogP) is 5.94. The first-order valence-electron chi connectivity index (χ1n) is 10.5. The Hall–Kier alpha value is -4.28. The minimum absolute atomic E-state index is 0.125. The minimum Gasteiger partial charge on any atom is -0.460 e. The Balaban J connectivity index is 2.14. The quantitative estimate of drug-likeness (QED) is 0.167. The normalized spacial score (nSPS) is 10.3. The first kappa shape index (κ1) is 27.0. The van der Waals surface area contributed by atoms with E-state index in [-0.39, 0.29) is 13.2 Å². The Morgan fingerprint density at radius 2 is 1.63 bits per heavy atom. The van der Waals surface area contributed by atoms with E-state index in [0.29, 0.717) is 51.1 Å². The van der Waals surface area contributed by atoms with Crippen LogP contribution in [-0.2, 0) is 19.1 Å². The molecule has 10 heteroatoms. The van der Waals surface area contributed by atoms with E-state index < -0.39 is 11.9 Å². The van der Waals surface area contributed by atoms with Gasteiger partial charge in [-0.1, -0.05) is 13.2 Å². The average Bonchev–Trinajstić information content (AvgIpc) is 3.15. The molecule has 0 aliphatic rings. The van der Waals surface area contributed by atoms with Gasteiger partial charge in [-0.2, -0.15) is 5.26 Å². The van der Waals surface area contributed by atoms with Crippen molar-refractivity contribution >= 4 is 44.7 Å². The van der Waals surface area contributed by atoms with Gasteiger partial charge in [0, 0.05) is 16.8 Å². The van der Waals surface area contributed by atoms with E-state index in [0.717, 1.165) is 17.0 Å². The van der Waals surface area contributed by atoms with Crippen LogP contribution >= 0.6 is 11.3 Å². The van der Waals surface area contributed by atoms with Crippen molar-refractivity contribution in [2.24, 2.45) is 10.2 Å². The van der Waals surface area contributed by atoms with Crippen molar-refractivity contribution in [1.82, 2.24) is 0 Å². The molecule has 0 amide bonds. The Morgan fingerprint density at radius 1 is 1.09 bits per heavy atom. The van der Waals surface area contributed by atoms with Crippen molar-refractivity contribution in [3.8, 4) is 6.07 Å². The van der Waals surface area contributed by atoms with Crippen LogP contribution in [0.2, 0.25) is 0 Å². The fourth-order valence-electron chi connectivity index (χ4n) is 2.74. The summed E-state index contributed by atoms with van der Waals surface area (Å²) in [7, 11) is 0. The Bertz CT molecular complexity index is 1200. The number of ether oxygens (including phenoxy) is 2. The number of esters is 2. The summed E-state index contributed by atoms with van der Waals surface area (Å²) in [6.07, 6.45) is 0. The molecule has 0 unspecified atom stereocenters. The third-order valence-corrected chi connectivity index (χ3v) is 5.74. The maximum absolute atomic E-state index is 11.7. The van der Waals surface area contributed by atoms with Crippen molar-refractivity contribution in [3.63, 3.8) is 0 Å². The van der Waals surface area contributed by atoms with E-state index in [1.54, 1.807) is 32.9 Å². The number of azo groups is 1. The van der Waals surface area contributed by atoms with Crippen molar-refractivity contribution in [2.45, 2.75) is 20.8 Å². The third-order valence-electron chi connectivity index (χ3n) is 4.67. The van der Waals surface area contributed by atoms with Crippen LogP contribution in [0.5, 0.6) is 0 Å². The minimum atomic E-state index is -0.476. The predicted molar refractivity (Wildman–Crippen MR) is 134 cm³/mol. The molecule has 0 radical (unpaired) electrons. The molecule has 2 aromatic rings. The number of rotatable bonds is 11. The van der Waals surface area contributed by atoms with Gasteiger partial charge in [-0.3, -0.25) is 0 Å². The molecule has 0 aliphatic heterocycles. The maximum Gasteiger partial charge on any atom is 0.333 e. The van der Waals surface area contributed by atoms with Crippen LogP contribution in [-0.4, -0.2) is 38.2 Å². The lowest BCUT2D eigenvalue weighted by Gasteiger charge is -2.24. The fourth-order valence-corrected chi connectivity index (χ4v) is 3.61. The van der Waals surface area contributed by atoms with E-state index in [1.807, 2.05) is 17.0 Å². The number of hydrogen-bond acceptors (Lipinski definition) is 9. The summed E-state index contributed by atoms with van der Waals surface area (Å²) in [5, 5.41) is 18.5. The highest BCUT2D eigenvalue weighted by Crippen LogP contribution is 2.41. The number of nitrogens with zero attached hydrogens (tertiary/aromatic N) is 5. The maximum atomic E-state index is 11.7. The third kappa shape index (κ3) is 7.63. The first-order chi connectivity index (χ1) is 16.7. The monoisotopic (exact) mass is 491 g/mol. The second-order valence-corrected chi connectivity index (χ2v) is 8.45. The number of carbonyl (C=O) groups excluding carboxylic acids is 2. The second-order valence-electron chi connectivity index (χ2n) is 7.47. The summed E-state index contributed by atoms with van der Waals surface area (Å²) in [5.41, 5.74) is 2.92. The van der Waals surface area contributed by atoms with E-state index >= 15 is 0 Å². The Kier molecular flexibility index (Phi) is 9.88. The number of thiophene rings is 1. The van der Waals surface area contributed by atoms with Gasteiger partial charge in [0.2, 0.25) is 5.00 Å². The zero-order chi connectivity index (χ0) is 26.0. The highest BCUT2D eigenvalue weighted by atomic mass is 32.1. The van der Waals surface area contributed by atoms with Gasteiger partial charge in [0.25, 0.3) is 0 Å². The molecule has 2 rings (SSSR count). The summed E-state index contributed by atoms with van der Waals surface area (Å²) in [6, 6.07) is 9.18. The van der Waals surface area contributed by atoms with Gasteiger partial charge >= 0.3 is 11.9 Å². The number of anilines is 1. The number of benzene rings is 1. The lowest BCUT2D eigenvalue weighted by atomic mass is 10.2. The number of carbonyl (C=O) groups is 2. The molecular weight excluding hydrogens is 466 g/mol. The number of hydrogen-bond donors (Lipinski definition) is 0. The van der Waals surface area contributed by atoms with Crippen LogP contribution in [0.3, 0.4) is 0 Å². The highest BCUT2D eigenvalue weighted by Gasteiger charge is 2.15. The molecule has 9 nitrogen and oxygen atoms in total. The molecule has 180 valence electrons. The Labute approximate surface area is 208 Å². The molecule has 1 aromatic heterocycles. The molecule has 0 atom stereocenters. The first-order valence-corrected chi connectivity index (χ1v) is 11.3. The molecule has 1 heterocycles. The number of nitriles is 1. The summed E-state index contributed by atoms with van der Waals surface area (Å²) in [4.78, 5) is 28.7. The fraction of sp³-hybridized carbons (Fsp3) is 0.280. The summed E-state index contributed by atoms with van der Waals surface area (Å²) < 4.78 is 10.4. The lowest BCUT2D eigenvalue weighted by Crippen LogP contribution is -2.32. The second kappa shape index (κ2) is 12.8. The van der Waals surface area contributed by atoms with Crippen LogP contribution in [0.25, 0.3) is 4.85 Å². The topological polar surface area (TPSA) is 109 Å².